The van der Waals surface area contributed by atoms with E-state index in [1.54, 1.807) is 17.7 Å². The number of imide groups is 1. The molecule has 0 aliphatic carbocycles. The summed E-state index contributed by atoms with van der Waals surface area (Å²) in [6.07, 6.45) is 0. The van der Waals surface area contributed by atoms with E-state index >= 15 is 0 Å². The molecule has 0 bridgehead atoms. The van der Waals surface area contributed by atoms with E-state index in [1.807, 2.05) is 31.2 Å². The summed E-state index contributed by atoms with van der Waals surface area (Å²) in [6, 6.07) is 12.6. The van der Waals surface area contributed by atoms with Crippen LogP contribution in [0.15, 0.2) is 42.5 Å². The Kier molecular flexibility index (Phi) is 4.91. The van der Waals surface area contributed by atoms with Crippen molar-refractivity contribution in [3.8, 4) is 0 Å². The van der Waals surface area contributed by atoms with Crippen LogP contribution in [0.5, 0.6) is 0 Å². The lowest BCUT2D eigenvalue weighted by Gasteiger charge is -2.07. The topological polar surface area (TPSA) is 84.3 Å². The molecular formula is C22H19ClN4O3. The average Bonchev–Trinajstić information content (AvgIpc) is 3.11. The first-order valence-electron chi connectivity index (χ1n) is 9.32. The molecule has 0 saturated carbocycles. The van der Waals surface area contributed by atoms with Crippen LogP contribution in [-0.4, -0.2) is 39.4 Å². The molecule has 3 aromatic rings. The summed E-state index contributed by atoms with van der Waals surface area (Å²) in [5.74, 6) is -1.19. The van der Waals surface area contributed by atoms with E-state index in [-0.39, 0.29) is 22.2 Å². The van der Waals surface area contributed by atoms with E-state index in [0.29, 0.717) is 23.5 Å². The molecule has 1 N–H and O–H groups in total. The van der Waals surface area contributed by atoms with E-state index < -0.39 is 11.8 Å². The second-order valence-electron chi connectivity index (χ2n) is 7.28. The highest BCUT2D eigenvalue weighted by Crippen LogP contribution is 2.26. The fourth-order valence-corrected chi connectivity index (χ4v) is 3.74. The van der Waals surface area contributed by atoms with Crippen LogP contribution in [0.4, 0.5) is 5.69 Å². The summed E-state index contributed by atoms with van der Waals surface area (Å²) in [7, 11) is 1.43. The molecule has 0 atom stereocenters. The van der Waals surface area contributed by atoms with Gasteiger partial charge >= 0.3 is 0 Å². The second kappa shape index (κ2) is 7.42. The summed E-state index contributed by atoms with van der Waals surface area (Å²) >= 11 is 6.46. The van der Waals surface area contributed by atoms with Crippen LogP contribution in [0.25, 0.3) is 0 Å². The fourth-order valence-electron chi connectivity index (χ4n) is 3.42. The Hall–Kier alpha value is -3.45. The van der Waals surface area contributed by atoms with Gasteiger partial charge < -0.3 is 5.32 Å². The van der Waals surface area contributed by atoms with Gasteiger partial charge in [-0.3, -0.25) is 19.3 Å². The lowest BCUT2D eigenvalue weighted by Crippen LogP contribution is -2.24. The van der Waals surface area contributed by atoms with Crippen molar-refractivity contribution in [3.05, 3.63) is 81.1 Å². The lowest BCUT2D eigenvalue weighted by atomic mass is 10.1. The maximum absolute atomic E-state index is 12.9. The van der Waals surface area contributed by atoms with Crippen molar-refractivity contribution in [2.45, 2.75) is 20.4 Å². The number of anilines is 1. The van der Waals surface area contributed by atoms with Crippen molar-refractivity contribution >= 4 is 35.0 Å². The van der Waals surface area contributed by atoms with Crippen LogP contribution in [0.2, 0.25) is 5.15 Å². The Balaban J connectivity index is 1.57. The van der Waals surface area contributed by atoms with E-state index in [1.165, 1.54) is 19.2 Å². The molecular weight excluding hydrogens is 404 g/mol. The van der Waals surface area contributed by atoms with Gasteiger partial charge in [-0.25, -0.2) is 4.68 Å². The number of hydrogen-bond acceptors (Lipinski definition) is 4. The number of nitrogens with zero attached hydrogens (tertiary/aromatic N) is 3. The molecule has 0 saturated heterocycles. The summed E-state index contributed by atoms with van der Waals surface area (Å²) in [6.45, 7) is 4.17. The average molecular weight is 423 g/mol. The maximum atomic E-state index is 12.9. The monoisotopic (exact) mass is 422 g/mol. The number of nitrogens with one attached hydrogen (secondary N) is 1. The lowest BCUT2D eigenvalue weighted by molar-refractivity contribution is 0.0692. The Bertz CT molecular complexity index is 1200. The van der Waals surface area contributed by atoms with Gasteiger partial charge in [-0.1, -0.05) is 41.4 Å². The number of benzene rings is 2. The van der Waals surface area contributed by atoms with Crippen LogP contribution < -0.4 is 5.32 Å². The molecule has 152 valence electrons. The summed E-state index contributed by atoms with van der Waals surface area (Å²) in [5.41, 5.74) is 3.92. The van der Waals surface area contributed by atoms with Gasteiger partial charge in [0.25, 0.3) is 17.7 Å². The molecule has 7 nitrogen and oxygen atoms in total. The minimum absolute atomic E-state index is 0.234. The zero-order valence-electron chi connectivity index (χ0n) is 16.7. The number of hydrogen-bond donors (Lipinski definition) is 1. The van der Waals surface area contributed by atoms with Crippen molar-refractivity contribution < 1.29 is 14.4 Å². The smallest absolute Gasteiger partial charge is 0.261 e. The SMILES string of the molecule is Cc1ccc(Cn2nc(C)c(C(=O)Nc3ccc4c(c3)C(=O)N(C)C4=O)c2Cl)cc1. The predicted molar refractivity (Wildman–Crippen MR) is 113 cm³/mol. The predicted octanol–water partition coefficient (Wildman–Crippen LogP) is 3.68. The molecule has 2 heterocycles. The third-order valence-corrected chi connectivity index (χ3v) is 5.48. The molecule has 3 amide bonds. The standard InChI is InChI=1S/C22H19ClN4O3/c1-12-4-6-14(7-5-12)11-27-19(23)18(13(2)25-27)20(28)24-15-8-9-16-17(10-15)22(30)26(3)21(16)29/h4-10H,11H2,1-3H3,(H,24,28). The quantitative estimate of drug-likeness (QED) is 0.650. The molecule has 0 spiro atoms. The number of amides is 3. The van der Waals surface area contributed by atoms with Gasteiger partial charge in [-0.05, 0) is 37.6 Å². The first kappa shape index (κ1) is 19.8. The first-order chi connectivity index (χ1) is 14.3. The highest BCUT2D eigenvalue weighted by atomic mass is 35.5. The highest BCUT2D eigenvalue weighted by molar-refractivity contribution is 6.33. The van der Waals surface area contributed by atoms with E-state index in [9.17, 15) is 14.4 Å². The molecule has 30 heavy (non-hydrogen) atoms. The zero-order chi connectivity index (χ0) is 21.6. The Morgan fingerprint density at radius 2 is 1.70 bits per heavy atom. The van der Waals surface area contributed by atoms with E-state index in [2.05, 4.69) is 10.4 Å². The maximum Gasteiger partial charge on any atom is 0.261 e. The number of halogens is 1. The zero-order valence-corrected chi connectivity index (χ0v) is 17.4. The normalized spacial score (nSPS) is 13.0. The Morgan fingerprint density at radius 1 is 1.03 bits per heavy atom. The molecule has 0 fully saturated rings. The third kappa shape index (κ3) is 3.37. The van der Waals surface area contributed by atoms with Gasteiger partial charge in [-0.15, -0.1) is 0 Å². The fraction of sp³-hybridized carbons (Fsp3) is 0.182. The van der Waals surface area contributed by atoms with Gasteiger partial charge in [0.1, 0.15) is 5.15 Å². The molecule has 0 radical (unpaired) electrons. The van der Waals surface area contributed by atoms with E-state index in [4.69, 9.17) is 11.6 Å². The van der Waals surface area contributed by atoms with Crippen LogP contribution in [0.1, 0.15) is 47.9 Å². The molecule has 2 aromatic carbocycles. The van der Waals surface area contributed by atoms with Crippen molar-refractivity contribution in [2.24, 2.45) is 0 Å². The van der Waals surface area contributed by atoms with Crippen molar-refractivity contribution in [2.75, 3.05) is 12.4 Å². The summed E-state index contributed by atoms with van der Waals surface area (Å²) < 4.78 is 1.58. The number of carbonyl (C=O) groups is 3. The molecule has 1 aromatic heterocycles. The van der Waals surface area contributed by atoms with Crippen LogP contribution in [0.3, 0.4) is 0 Å². The van der Waals surface area contributed by atoms with Gasteiger partial charge in [0.15, 0.2) is 0 Å². The summed E-state index contributed by atoms with van der Waals surface area (Å²) in [4.78, 5) is 38.1. The van der Waals surface area contributed by atoms with Crippen LogP contribution in [-0.2, 0) is 6.54 Å². The molecule has 0 unspecified atom stereocenters. The van der Waals surface area contributed by atoms with Crippen molar-refractivity contribution in [1.82, 2.24) is 14.7 Å². The third-order valence-electron chi connectivity index (χ3n) is 5.09. The molecule has 1 aliphatic rings. The number of aromatic nitrogens is 2. The van der Waals surface area contributed by atoms with Crippen LogP contribution >= 0.6 is 11.6 Å². The highest BCUT2D eigenvalue weighted by Gasteiger charge is 2.33. The summed E-state index contributed by atoms with van der Waals surface area (Å²) in [5, 5.41) is 7.38. The van der Waals surface area contributed by atoms with Crippen molar-refractivity contribution in [1.29, 1.82) is 0 Å². The molecule has 8 heteroatoms. The number of rotatable bonds is 4. The number of carbonyl (C=O) groups excluding carboxylic acids is 3. The number of aryl methyl sites for hydroxylation is 2. The Morgan fingerprint density at radius 3 is 2.40 bits per heavy atom. The van der Waals surface area contributed by atoms with Gasteiger partial charge in [0, 0.05) is 12.7 Å². The largest absolute Gasteiger partial charge is 0.322 e. The van der Waals surface area contributed by atoms with Crippen LogP contribution in [0, 0.1) is 13.8 Å². The van der Waals surface area contributed by atoms with E-state index in [0.717, 1.165) is 16.0 Å². The molecule has 4 rings (SSSR count). The number of fused-ring (bicyclic) bond motifs is 1. The van der Waals surface area contributed by atoms with Crippen molar-refractivity contribution in [3.63, 3.8) is 0 Å². The van der Waals surface area contributed by atoms with Gasteiger partial charge in [0.2, 0.25) is 0 Å². The minimum Gasteiger partial charge on any atom is -0.322 e. The minimum atomic E-state index is -0.433. The first-order valence-corrected chi connectivity index (χ1v) is 9.70. The molecule has 1 aliphatic heterocycles. The Labute approximate surface area is 178 Å². The van der Waals surface area contributed by atoms with Gasteiger partial charge in [-0.2, -0.15) is 5.10 Å². The second-order valence-corrected chi connectivity index (χ2v) is 7.64. The van der Waals surface area contributed by atoms with Gasteiger partial charge in [0.05, 0.1) is 28.9 Å².